The number of thiazole rings is 2. The Labute approximate surface area is 177 Å². The Balaban J connectivity index is 1.66. The molecule has 0 fully saturated rings. The highest BCUT2D eigenvalue weighted by Crippen LogP contribution is 2.32. The van der Waals surface area contributed by atoms with Crippen LogP contribution in [0.4, 0.5) is 18.3 Å². The molecule has 3 aromatic rings. The fourth-order valence-corrected chi connectivity index (χ4v) is 4.94. The number of nitrogens with zero attached hydrogens (tertiary/aromatic N) is 2. The van der Waals surface area contributed by atoms with Crippen LogP contribution >= 0.6 is 22.7 Å². The van der Waals surface area contributed by atoms with E-state index in [4.69, 9.17) is 5.73 Å². The number of hydrogen-bond acceptors (Lipinski definition) is 8. The molecule has 30 heavy (non-hydrogen) atoms. The van der Waals surface area contributed by atoms with Crippen LogP contribution in [0.15, 0.2) is 34.5 Å². The molecule has 0 spiro atoms. The van der Waals surface area contributed by atoms with Crippen molar-refractivity contribution in [2.24, 2.45) is 5.73 Å². The average Bonchev–Trinajstić information content (AvgIpc) is 3.27. The van der Waals surface area contributed by atoms with E-state index in [0.29, 0.717) is 22.9 Å². The van der Waals surface area contributed by atoms with Crippen molar-refractivity contribution in [1.82, 2.24) is 9.97 Å². The van der Waals surface area contributed by atoms with E-state index in [2.05, 4.69) is 15.3 Å². The van der Waals surface area contributed by atoms with E-state index in [1.165, 1.54) is 34.8 Å². The number of anilines is 1. The van der Waals surface area contributed by atoms with Crippen molar-refractivity contribution >= 4 is 43.5 Å². The third kappa shape index (κ3) is 4.69. The highest BCUT2D eigenvalue weighted by atomic mass is 32.2. The van der Waals surface area contributed by atoms with Crippen molar-refractivity contribution < 1.29 is 26.4 Å². The van der Waals surface area contributed by atoms with Gasteiger partial charge in [0.1, 0.15) is 5.01 Å². The van der Waals surface area contributed by atoms with Crippen molar-refractivity contribution in [3.8, 4) is 10.6 Å². The molecule has 0 aliphatic rings. The second kappa shape index (κ2) is 8.41. The van der Waals surface area contributed by atoms with Crippen molar-refractivity contribution in [1.29, 1.82) is 0 Å². The molecule has 0 saturated heterocycles. The highest BCUT2D eigenvalue weighted by molar-refractivity contribution is 7.92. The molecular weight excluding hydrogens is 461 g/mol. The molecule has 0 aliphatic carbocycles. The molecule has 0 unspecified atom stereocenters. The van der Waals surface area contributed by atoms with E-state index >= 15 is 0 Å². The normalized spacial score (nSPS) is 12.2. The number of carbonyl (C=O) groups excluding carboxylic acids is 1. The zero-order valence-corrected chi connectivity index (χ0v) is 17.8. The summed E-state index contributed by atoms with van der Waals surface area (Å²) in [5.41, 5.74) is 2.02. The van der Waals surface area contributed by atoms with Crippen LogP contribution in [0.2, 0.25) is 0 Å². The molecule has 7 nitrogen and oxygen atoms in total. The first-order chi connectivity index (χ1) is 14.0. The van der Waals surface area contributed by atoms with Gasteiger partial charge in [0.2, 0.25) is 5.91 Å². The lowest BCUT2D eigenvalue weighted by molar-refractivity contribution is -0.115. The standard InChI is InChI=1S/C17H15F3N4O3S3/c1-9-15(29-14(7-21)22-9)12-8-28-16(23-12)24-13(25)6-10-2-4-11(5-3-10)30(26,27)17(18,19)20/h2-5,8H,6-7,21H2,1H3,(H,23,24,25). The zero-order valence-electron chi connectivity index (χ0n) is 15.4. The molecule has 1 amide bonds. The largest absolute Gasteiger partial charge is 0.501 e. The van der Waals surface area contributed by atoms with Crippen LogP contribution in [0, 0.1) is 6.92 Å². The van der Waals surface area contributed by atoms with E-state index in [9.17, 15) is 26.4 Å². The summed E-state index contributed by atoms with van der Waals surface area (Å²) >= 11 is 2.64. The molecular formula is C17H15F3N4O3S3. The number of aryl methyl sites for hydroxylation is 1. The van der Waals surface area contributed by atoms with Crippen LogP contribution < -0.4 is 11.1 Å². The fourth-order valence-electron chi connectivity index (χ4n) is 2.48. The van der Waals surface area contributed by atoms with Crippen molar-refractivity contribution in [2.75, 3.05) is 5.32 Å². The molecule has 13 heteroatoms. The minimum absolute atomic E-state index is 0.155. The van der Waals surface area contributed by atoms with Gasteiger partial charge in [-0.25, -0.2) is 18.4 Å². The minimum atomic E-state index is -5.42. The lowest BCUT2D eigenvalue weighted by Crippen LogP contribution is -2.23. The minimum Gasteiger partial charge on any atom is -0.325 e. The number of rotatable bonds is 6. The summed E-state index contributed by atoms with van der Waals surface area (Å²) in [6.45, 7) is 2.16. The van der Waals surface area contributed by atoms with E-state index in [1.54, 1.807) is 5.38 Å². The van der Waals surface area contributed by atoms with Gasteiger partial charge in [-0.1, -0.05) is 12.1 Å². The summed E-state index contributed by atoms with van der Waals surface area (Å²) in [4.78, 5) is 20.9. The van der Waals surface area contributed by atoms with Gasteiger partial charge in [-0.15, -0.1) is 22.7 Å². The summed E-state index contributed by atoms with van der Waals surface area (Å²) in [7, 11) is -5.42. The second-order valence-electron chi connectivity index (χ2n) is 6.08. The molecule has 160 valence electrons. The Morgan fingerprint density at radius 1 is 1.20 bits per heavy atom. The third-order valence-electron chi connectivity index (χ3n) is 3.90. The molecule has 0 saturated carbocycles. The number of sulfone groups is 1. The van der Waals surface area contributed by atoms with Crippen LogP contribution in [-0.4, -0.2) is 29.8 Å². The second-order valence-corrected chi connectivity index (χ2v) is 9.97. The van der Waals surface area contributed by atoms with Gasteiger partial charge in [0.25, 0.3) is 9.84 Å². The maximum absolute atomic E-state index is 12.6. The van der Waals surface area contributed by atoms with Gasteiger partial charge in [0, 0.05) is 11.9 Å². The number of nitrogens with one attached hydrogen (secondary N) is 1. The average molecular weight is 477 g/mol. The molecule has 1 aromatic carbocycles. The smallest absolute Gasteiger partial charge is 0.325 e. The van der Waals surface area contributed by atoms with E-state index in [1.807, 2.05) is 6.92 Å². The molecule has 0 radical (unpaired) electrons. The number of nitrogens with two attached hydrogens (primary N) is 1. The molecule has 0 aliphatic heterocycles. The zero-order chi connectivity index (χ0) is 22.1. The van der Waals surface area contributed by atoms with Gasteiger partial charge in [0.05, 0.1) is 27.6 Å². The Hall–Kier alpha value is -2.35. The number of aromatic nitrogens is 2. The first-order valence-corrected chi connectivity index (χ1v) is 11.5. The Morgan fingerprint density at radius 3 is 2.43 bits per heavy atom. The molecule has 3 N–H and O–H groups in total. The number of benzene rings is 1. The Morgan fingerprint density at radius 2 is 1.87 bits per heavy atom. The van der Waals surface area contributed by atoms with Crippen LogP contribution in [0.25, 0.3) is 10.6 Å². The first-order valence-electron chi connectivity index (χ1n) is 8.33. The molecule has 0 atom stereocenters. The van der Waals surface area contributed by atoms with Crippen LogP contribution in [0.5, 0.6) is 0 Å². The first kappa shape index (κ1) is 22.3. The summed E-state index contributed by atoms with van der Waals surface area (Å²) in [5.74, 6) is -0.439. The number of halogens is 3. The number of alkyl halides is 3. The SMILES string of the molecule is Cc1nc(CN)sc1-c1csc(NC(=O)Cc2ccc(S(=O)(=O)C(F)(F)F)cc2)n1. The highest BCUT2D eigenvalue weighted by Gasteiger charge is 2.46. The maximum Gasteiger partial charge on any atom is 0.501 e. The van der Waals surface area contributed by atoms with E-state index < -0.39 is 26.1 Å². The summed E-state index contributed by atoms with van der Waals surface area (Å²) in [6.07, 6.45) is -0.155. The van der Waals surface area contributed by atoms with Gasteiger partial charge in [0.15, 0.2) is 5.13 Å². The molecule has 2 aromatic heterocycles. The van der Waals surface area contributed by atoms with Crippen molar-refractivity contribution in [3.63, 3.8) is 0 Å². The fraction of sp³-hybridized carbons (Fsp3) is 0.235. The van der Waals surface area contributed by atoms with Gasteiger partial charge >= 0.3 is 5.51 Å². The number of amides is 1. The van der Waals surface area contributed by atoms with Gasteiger partial charge in [-0.2, -0.15) is 13.2 Å². The number of carbonyl (C=O) groups is 1. The summed E-state index contributed by atoms with van der Waals surface area (Å²) < 4.78 is 60.5. The van der Waals surface area contributed by atoms with E-state index in [-0.39, 0.29) is 6.42 Å². The maximum atomic E-state index is 12.6. The predicted octanol–water partition coefficient (Wildman–Crippen LogP) is 3.51. The Bertz CT molecular complexity index is 1170. The van der Waals surface area contributed by atoms with Crippen molar-refractivity contribution in [3.05, 3.63) is 45.9 Å². The quantitative estimate of drug-likeness (QED) is 0.563. The van der Waals surface area contributed by atoms with Crippen LogP contribution in [-0.2, 0) is 27.6 Å². The molecule has 3 rings (SSSR count). The lowest BCUT2D eigenvalue weighted by atomic mass is 10.1. The van der Waals surface area contributed by atoms with Gasteiger partial charge < -0.3 is 11.1 Å². The van der Waals surface area contributed by atoms with E-state index in [0.717, 1.165) is 27.7 Å². The predicted molar refractivity (Wildman–Crippen MR) is 108 cm³/mol. The topological polar surface area (TPSA) is 115 Å². The Kier molecular flexibility index (Phi) is 6.26. The lowest BCUT2D eigenvalue weighted by Gasteiger charge is -2.08. The summed E-state index contributed by atoms with van der Waals surface area (Å²) in [5, 5.41) is 5.52. The molecule has 0 bridgehead atoms. The third-order valence-corrected chi connectivity index (χ3v) is 7.36. The monoisotopic (exact) mass is 476 g/mol. The van der Waals surface area contributed by atoms with Crippen molar-refractivity contribution in [2.45, 2.75) is 30.3 Å². The number of hydrogen-bond donors (Lipinski definition) is 2. The van der Waals surface area contributed by atoms with Gasteiger partial charge in [-0.3, -0.25) is 4.79 Å². The van der Waals surface area contributed by atoms with Gasteiger partial charge in [-0.05, 0) is 24.6 Å². The van der Waals surface area contributed by atoms with Crippen LogP contribution in [0.3, 0.4) is 0 Å². The van der Waals surface area contributed by atoms with Crippen LogP contribution in [0.1, 0.15) is 16.3 Å². The summed E-state index contributed by atoms with van der Waals surface area (Å²) in [6, 6.07) is 3.99. The molecule has 2 heterocycles.